The molecule has 4 heteroatoms. The number of carbonyl (C=O) groups is 1. The zero-order valence-electron chi connectivity index (χ0n) is 12.3. The number of hydrogen-bond donors (Lipinski definition) is 1. The Labute approximate surface area is 125 Å². The van der Waals surface area contributed by atoms with Crippen molar-refractivity contribution >= 4 is 17.2 Å². The van der Waals surface area contributed by atoms with Crippen LogP contribution in [0.25, 0.3) is 0 Å². The summed E-state index contributed by atoms with van der Waals surface area (Å²) in [5.74, 6) is 0.249. The maximum atomic E-state index is 12.7. The van der Waals surface area contributed by atoms with E-state index in [1.54, 1.807) is 11.3 Å². The first-order valence-corrected chi connectivity index (χ1v) is 8.63. The van der Waals surface area contributed by atoms with Crippen molar-refractivity contribution in [1.29, 1.82) is 0 Å². The lowest BCUT2D eigenvalue weighted by Gasteiger charge is -2.45. The van der Waals surface area contributed by atoms with Crippen molar-refractivity contribution in [2.45, 2.75) is 39.0 Å². The van der Waals surface area contributed by atoms with Gasteiger partial charge < -0.3 is 10.2 Å². The molecule has 3 rings (SSSR count). The minimum absolute atomic E-state index is 0.249. The van der Waals surface area contributed by atoms with E-state index in [0.29, 0.717) is 5.41 Å². The Bertz CT molecular complexity index is 471. The number of likely N-dealkylation sites (tertiary alicyclic amines) is 1. The second-order valence-corrected chi connectivity index (χ2v) is 7.40. The number of hydrogen-bond acceptors (Lipinski definition) is 3. The summed E-state index contributed by atoms with van der Waals surface area (Å²) in [6.07, 6.45) is 5.97. The van der Waals surface area contributed by atoms with Crippen LogP contribution in [0.5, 0.6) is 0 Å². The van der Waals surface area contributed by atoms with Gasteiger partial charge in [0.25, 0.3) is 5.91 Å². The zero-order chi connectivity index (χ0) is 14.0. The van der Waals surface area contributed by atoms with Crippen molar-refractivity contribution in [2.75, 3.05) is 26.2 Å². The molecule has 1 amide bonds. The highest BCUT2D eigenvalue weighted by molar-refractivity contribution is 7.14. The predicted octanol–water partition coefficient (Wildman–Crippen LogP) is 2.92. The fourth-order valence-electron chi connectivity index (χ4n) is 3.60. The van der Waals surface area contributed by atoms with Gasteiger partial charge in [-0.25, -0.2) is 0 Å². The fraction of sp³-hybridized carbons (Fsp3) is 0.688. The highest BCUT2D eigenvalue weighted by Gasteiger charge is 2.38. The van der Waals surface area contributed by atoms with E-state index in [-0.39, 0.29) is 5.91 Å². The van der Waals surface area contributed by atoms with Crippen LogP contribution in [0.1, 0.15) is 47.2 Å². The van der Waals surface area contributed by atoms with Gasteiger partial charge in [0.2, 0.25) is 0 Å². The molecule has 1 spiro atoms. The average Bonchev–Trinajstić information content (AvgIpc) is 2.96. The Hall–Kier alpha value is -0.870. The molecule has 0 radical (unpaired) electrons. The third-order valence-electron chi connectivity index (χ3n) is 4.73. The molecule has 2 fully saturated rings. The van der Waals surface area contributed by atoms with E-state index in [2.05, 4.69) is 23.2 Å². The molecule has 1 atom stereocenters. The van der Waals surface area contributed by atoms with Gasteiger partial charge in [0.05, 0.1) is 4.88 Å². The molecule has 2 saturated heterocycles. The van der Waals surface area contributed by atoms with Crippen LogP contribution < -0.4 is 5.32 Å². The van der Waals surface area contributed by atoms with Crippen molar-refractivity contribution in [3.8, 4) is 0 Å². The van der Waals surface area contributed by atoms with Gasteiger partial charge in [-0.2, -0.15) is 0 Å². The Kier molecular flexibility index (Phi) is 4.13. The molecule has 20 heavy (non-hydrogen) atoms. The van der Waals surface area contributed by atoms with E-state index >= 15 is 0 Å². The zero-order valence-corrected chi connectivity index (χ0v) is 13.1. The van der Waals surface area contributed by atoms with Crippen molar-refractivity contribution in [2.24, 2.45) is 5.41 Å². The molecule has 1 unspecified atom stereocenters. The Morgan fingerprint density at radius 1 is 1.40 bits per heavy atom. The average molecular weight is 292 g/mol. The molecule has 1 N–H and O–H groups in total. The van der Waals surface area contributed by atoms with Crippen LogP contribution in [0.15, 0.2) is 12.1 Å². The standard InChI is InChI=1S/C16H24N2OS/c1-2-13-5-6-14(20-13)15(19)18-10-4-8-16(12-18)7-3-9-17-11-16/h5-6,17H,2-4,7-12H2,1H3. The van der Waals surface area contributed by atoms with Gasteiger partial charge >= 0.3 is 0 Å². The van der Waals surface area contributed by atoms with Gasteiger partial charge in [0.15, 0.2) is 0 Å². The molecule has 2 aliphatic heterocycles. The third kappa shape index (κ3) is 2.77. The first-order valence-electron chi connectivity index (χ1n) is 7.81. The lowest BCUT2D eigenvalue weighted by molar-refractivity contribution is 0.0438. The summed E-state index contributed by atoms with van der Waals surface area (Å²) >= 11 is 1.66. The molecule has 2 aliphatic rings. The fourth-order valence-corrected chi connectivity index (χ4v) is 4.51. The first-order chi connectivity index (χ1) is 9.72. The van der Waals surface area contributed by atoms with E-state index in [4.69, 9.17) is 0 Å². The normalized spacial score (nSPS) is 26.9. The molecule has 0 aliphatic carbocycles. The van der Waals surface area contributed by atoms with Gasteiger partial charge in [-0.3, -0.25) is 4.79 Å². The summed E-state index contributed by atoms with van der Waals surface area (Å²) < 4.78 is 0. The minimum atomic E-state index is 0.249. The number of amides is 1. The summed E-state index contributed by atoms with van der Waals surface area (Å²) in [7, 11) is 0. The number of piperidine rings is 2. The van der Waals surface area contributed by atoms with Gasteiger partial charge in [-0.05, 0) is 50.8 Å². The molecule has 0 aromatic carbocycles. The van der Waals surface area contributed by atoms with Gasteiger partial charge in [0.1, 0.15) is 0 Å². The summed E-state index contributed by atoms with van der Waals surface area (Å²) in [5, 5.41) is 3.52. The number of nitrogens with zero attached hydrogens (tertiary/aromatic N) is 1. The van der Waals surface area contributed by atoms with Gasteiger partial charge in [-0.1, -0.05) is 6.92 Å². The number of rotatable bonds is 2. The van der Waals surface area contributed by atoms with Gasteiger partial charge in [0, 0.05) is 29.9 Å². The molecule has 1 aromatic rings. The Morgan fingerprint density at radius 3 is 2.95 bits per heavy atom. The lowest BCUT2D eigenvalue weighted by atomic mass is 9.74. The van der Waals surface area contributed by atoms with E-state index in [9.17, 15) is 4.79 Å². The maximum Gasteiger partial charge on any atom is 0.263 e. The molecule has 0 bridgehead atoms. The SMILES string of the molecule is CCc1ccc(C(=O)N2CCCC3(CCCNC3)C2)s1. The third-order valence-corrected chi connectivity index (χ3v) is 5.95. The summed E-state index contributed by atoms with van der Waals surface area (Å²) in [4.78, 5) is 17.0. The molecular formula is C16H24N2OS. The highest BCUT2D eigenvalue weighted by atomic mass is 32.1. The van der Waals surface area contributed by atoms with Crippen molar-refractivity contribution < 1.29 is 4.79 Å². The van der Waals surface area contributed by atoms with E-state index in [1.807, 2.05) is 6.07 Å². The summed E-state index contributed by atoms with van der Waals surface area (Å²) in [6, 6.07) is 4.10. The number of carbonyl (C=O) groups excluding carboxylic acids is 1. The monoisotopic (exact) mass is 292 g/mol. The van der Waals surface area contributed by atoms with Crippen molar-refractivity contribution in [3.05, 3.63) is 21.9 Å². The lowest BCUT2D eigenvalue weighted by Crippen LogP contribution is -2.52. The van der Waals surface area contributed by atoms with Crippen LogP contribution >= 0.6 is 11.3 Å². The summed E-state index contributed by atoms with van der Waals surface area (Å²) in [5.41, 5.74) is 0.344. The molecule has 3 heterocycles. The first kappa shape index (κ1) is 14.1. The van der Waals surface area contributed by atoms with Crippen LogP contribution in [0.3, 0.4) is 0 Å². The number of nitrogens with one attached hydrogen (secondary N) is 1. The second kappa shape index (κ2) is 5.86. The molecule has 0 saturated carbocycles. The van der Waals surface area contributed by atoms with E-state index < -0.39 is 0 Å². The van der Waals surface area contributed by atoms with Crippen LogP contribution in [-0.4, -0.2) is 37.0 Å². The Morgan fingerprint density at radius 2 is 2.25 bits per heavy atom. The van der Waals surface area contributed by atoms with Crippen LogP contribution in [0, 0.1) is 5.41 Å². The molecule has 110 valence electrons. The Balaban J connectivity index is 1.71. The predicted molar refractivity (Wildman–Crippen MR) is 83.4 cm³/mol. The van der Waals surface area contributed by atoms with Gasteiger partial charge in [-0.15, -0.1) is 11.3 Å². The van der Waals surface area contributed by atoms with Crippen LogP contribution in [-0.2, 0) is 6.42 Å². The molecular weight excluding hydrogens is 268 g/mol. The largest absolute Gasteiger partial charge is 0.337 e. The van der Waals surface area contributed by atoms with Crippen molar-refractivity contribution in [3.63, 3.8) is 0 Å². The van der Waals surface area contributed by atoms with E-state index in [1.165, 1.54) is 24.1 Å². The number of thiophene rings is 1. The smallest absolute Gasteiger partial charge is 0.263 e. The molecule has 3 nitrogen and oxygen atoms in total. The highest BCUT2D eigenvalue weighted by Crippen LogP contribution is 2.36. The maximum absolute atomic E-state index is 12.7. The summed E-state index contributed by atoms with van der Waals surface area (Å²) in [6.45, 7) is 6.24. The minimum Gasteiger partial charge on any atom is -0.337 e. The quantitative estimate of drug-likeness (QED) is 0.909. The second-order valence-electron chi connectivity index (χ2n) is 6.23. The van der Waals surface area contributed by atoms with Crippen LogP contribution in [0.2, 0.25) is 0 Å². The number of aryl methyl sites for hydroxylation is 1. The molecule has 1 aromatic heterocycles. The topological polar surface area (TPSA) is 32.3 Å². The van der Waals surface area contributed by atoms with Crippen LogP contribution in [0.4, 0.5) is 0 Å². The van der Waals surface area contributed by atoms with E-state index in [0.717, 1.165) is 43.9 Å². The van der Waals surface area contributed by atoms with Crippen molar-refractivity contribution in [1.82, 2.24) is 10.2 Å².